The number of nitrogens with zero attached hydrogens (tertiary/aromatic N) is 3. The highest BCUT2D eigenvalue weighted by atomic mass is 35.5. The number of aromatic nitrogens is 3. The molecule has 0 saturated heterocycles. The van der Waals surface area contributed by atoms with E-state index in [0.29, 0.717) is 11.0 Å². The van der Waals surface area contributed by atoms with Crippen LogP contribution >= 0.6 is 11.6 Å². The predicted octanol–water partition coefficient (Wildman–Crippen LogP) is 1.62. The van der Waals surface area contributed by atoms with Crippen LogP contribution < -0.4 is 0 Å². The normalized spacial score (nSPS) is 10.2. The van der Waals surface area contributed by atoms with Gasteiger partial charge in [-0.1, -0.05) is 17.7 Å². The van der Waals surface area contributed by atoms with Gasteiger partial charge in [-0.3, -0.25) is 4.57 Å². The van der Waals surface area contributed by atoms with Gasteiger partial charge in [-0.2, -0.15) is 0 Å². The van der Waals surface area contributed by atoms with E-state index in [1.54, 1.807) is 18.2 Å². The van der Waals surface area contributed by atoms with Gasteiger partial charge in [-0.05, 0) is 12.1 Å². The summed E-state index contributed by atoms with van der Waals surface area (Å²) in [6.45, 7) is 0. The zero-order valence-corrected chi connectivity index (χ0v) is 8.22. The van der Waals surface area contributed by atoms with Gasteiger partial charge in [0, 0.05) is 6.20 Å². The predicted molar refractivity (Wildman–Crippen MR) is 53.3 cm³/mol. The minimum absolute atomic E-state index is 0.0308. The van der Waals surface area contributed by atoms with E-state index < -0.39 is 5.97 Å². The molecule has 2 aromatic heterocycles. The third kappa shape index (κ3) is 1.97. The SMILES string of the molecule is O=C(O)c1cn(-c2cccc(Cl)n2)cn1. The molecule has 0 bridgehead atoms. The van der Waals surface area contributed by atoms with Gasteiger partial charge in [0.05, 0.1) is 0 Å². The van der Waals surface area contributed by atoms with E-state index in [9.17, 15) is 4.79 Å². The molecule has 2 aromatic rings. The van der Waals surface area contributed by atoms with Crippen molar-refractivity contribution in [2.45, 2.75) is 0 Å². The van der Waals surface area contributed by atoms with E-state index in [1.165, 1.54) is 17.1 Å². The molecule has 0 aromatic carbocycles. The summed E-state index contributed by atoms with van der Waals surface area (Å²) in [5, 5.41) is 9.02. The molecule has 0 fully saturated rings. The summed E-state index contributed by atoms with van der Waals surface area (Å²) in [6.07, 6.45) is 2.75. The van der Waals surface area contributed by atoms with Crippen molar-refractivity contribution < 1.29 is 9.90 Å². The second-order valence-corrected chi connectivity index (χ2v) is 3.18. The smallest absolute Gasteiger partial charge is 0.356 e. The maximum atomic E-state index is 10.6. The van der Waals surface area contributed by atoms with Crippen molar-refractivity contribution >= 4 is 17.6 Å². The summed E-state index contributed by atoms with van der Waals surface area (Å²) < 4.78 is 1.50. The molecule has 0 aliphatic rings. The van der Waals surface area contributed by atoms with E-state index in [-0.39, 0.29) is 5.69 Å². The van der Waals surface area contributed by atoms with E-state index in [1.807, 2.05) is 0 Å². The number of hydrogen-bond acceptors (Lipinski definition) is 3. The van der Waals surface area contributed by atoms with Gasteiger partial charge in [0.25, 0.3) is 0 Å². The van der Waals surface area contributed by atoms with Crippen molar-refractivity contribution in [3.8, 4) is 5.82 Å². The quantitative estimate of drug-likeness (QED) is 0.786. The number of aromatic carboxylic acids is 1. The molecule has 5 nitrogen and oxygen atoms in total. The largest absolute Gasteiger partial charge is 0.476 e. The molecule has 0 aliphatic carbocycles. The summed E-state index contributed by atoms with van der Waals surface area (Å²) in [7, 11) is 0. The average Bonchev–Trinajstić information content (AvgIpc) is 2.66. The number of carboxylic acid groups (broad SMARTS) is 1. The summed E-state index contributed by atoms with van der Waals surface area (Å²) in [5.74, 6) is -0.543. The standard InChI is InChI=1S/C9H6ClN3O2/c10-7-2-1-3-8(12-7)13-4-6(9(14)15)11-5-13/h1-5H,(H,14,15). The number of halogens is 1. The van der Waals surface area contributed by atoms with E-state index in [4.69, 9.17) is 16.7 Å². The Morgan fingerprint density at radius 1 is 1.47 bits per heavy atom. The van der Waals surface area contributed by atoms with Crippen molar-refractivity contribution in [1.82, 2.24) is 14.5 Å². The van der Waals surface area contributed by atoms with Crippen LogP contribution in [-0.4, -0.2) is 25.6 Å². The number of hydrogen-bond donors (Lipinski definition) is 1. The van der Waals surface area contributed by atoms with Crippen LogP contribution in [0.25, 0.3) is 5.82 Å². The fraction of sp³-hybridized carbons (Fsp3) is 0. The van der Waals surface area contributed by atoms with Crippen LogP contribution in [0.5, 0.6) is 0 Å². The lowest BCUT2D eigenvalue weighted by Crippen LogP contribution is -1.96. The molecule has 15 heavy (non-hydrogen) atoms. The molecule has 0 saturated carbocycles. The second-order valence-electron chi connectivity index (χ2n) is 2.79. The van der Waals surface area contributed by atoms with Crippen LogP contribution in [0.1, 0.15) is 10.5 Å². The summed E-state index contributed by atoms with van der Waals surface area (Å²) >= 11 is 5.70. The number of pyridine rings is 1. The van der Waals surface area contributed by atoms with Crippen LogP contribution in [-0.2, 0) is 0 Å². The summed E-state index contributed by atoms with van der Waals surface area (Å²) in [4.78, 5) is 18.3. The molecule has 76 valence electrons. The lowest BCUT2D eigenvalue weighted by molar-refractivity contribution is 0.0691. The van der Waals surface area contributed by atoms with Gasteiger partial charge < -0.3 is 5.11 Å². The van der Waals surface area contributed by atoms with Gasteiger partial charge in [-0.25, -0.2) is 14.8 Å². The van der Waals surface area contributed by atoms with Crippen molar-refractivity contribution in [3.63, 3.8) is 0 Å². The summed E-state index contributed by atoms with van der Waals surface area (Å²) in [6, 6.07) is 5.07. The first kappa shape index (κ1) is 9.67. The molecule has 2 rings (SSSR count). The molecule has 0 radical (unpaired) electrons. The molecular formula is C9H6ClN3O2. The Morgan fingerprint density at radius 3 is 2.87 bits per heavy atom. The number of carbonyl (C=O) groups is 1. The van der Waals surface area contributed by atoms with Crippen LogP contribution in [0.15, 0.2) is 30.7 Å². The van der Waals surface area contributed by atoms with Crippen LogP contribution in [0.2, 0.25) is 5.15 Å². The minimum atomic E-state index is -1.07. The molecule has 2 heterocycles. The first-order valence-corrected chi connectivity index (χ1v) is 4.45. The Balaban J connectivity index is 2.41. The molecule has 0 atom stereocenters. The average molecular weight is 224 g/mol. The summed E-state index contributed by atoms with van der Waals surface area (Å²) in [5.41, 5.74) is -0.0308. The molecule has 0 spiro atoms. The van der Waals surface area contributed by atoms with Crippen molar-refractivity contribution in [3.05, 3.63) is 41.6 Å². The fourth-order valence-corrected chi connectivity index (χ4v) is 1.26. The van der Waals surface area contributed by atoms with Crippen molar-refractivity contribution in [2.75, 3.05) is 0 Å². The number of carboxylic acids is 1. The lowest BCUT2D eigenvalue weighted by Gasteiger charge is -1.99. The molecular weight excluding hydrogens is 218 g/mol. The Hall–Kier alpha value is -1.88. The first-order chi connectivity index (χ1) is 7.16. The third-order valence-corrected chi connectivity index (χ3v) is 1.98. The van der Waals surface area contributed by atoms with Crippen LogP contribution in [0.4, 0.5) is 0 Å². The third-order valence-electron chi connectivity index (χ3n) is 1.77. The van der Waals surface area contributed by atoms with Gasteiger partial charge in [0.15, 0.2) is 5.69 Å². The maximum Gasteiger partial charge on any atom is 0.356 e. The molecule has 1 N–H and O–H groups in total. The molecule has 0 amide bonds. The number of rotatable bonds is 2. The minimum Gasteiger partial charge on any atom is -0.476 e. The van der Waals surface area contributed by atoms with Gasteiger partial charge in [0.1, 0.15) is 17.3 Å². The Labute approximate surface area is 90.0 Å². The highest BCUT2D eigenvalue weighted by Gasteiger charge is 2.07. The molecule has 6 heteroatoms. The van der Waals surface area contributed by atoms with Crippen molar-refractivity contribution in [1.29, 1.82) is 0 Å². The second kappa shape index (κ2) is 3.70. The topological polar surface area (TPSA) is 68.0 Å². The van der Waals surface area contributed by atoms with Crippen LogP contribution in [0, 0.1) is 0 Å². The number of imidazole rings is 1. The van der Waals surface area contributed by atoms with E-state index in [0.717, 1.165) is 0 Å². The van der Waals surface area contributed by atoms with Crippen molar-refractivity contribution in [2.24, 2.45) is 0 Å². The van der Waals surface area contributed by atoms with Crippen LogP contribution in [0.3, 0.4) is 0 Å². The fourth-order valence-electron chi connectivity index (χ4n) is 1.10. The Morgan fingerprint density at radius 2 is 2.27 bits per heavy atom. The zero-order valence-electron chi connectivity index (χ0n) is 7.46. The molecule has 0 unspecified atom stereocenters. The van der Waals surface area contributed by atoms with E-state index >= 15 is 0 Å². The van der Waals surface area contributed by atoms with E-state index in [2.05, 4.69) is 9.97 Å². The Kier molecular flexibility index (Phi) is 2.39. The zero-order chi connectivity index (χ0) is 10.8. The highest BCUT2D eigenvalue weighted by molar-refractivity contribution is 6.29. The Bertz CT molecular complexity index is 510. The van der Waals surface area contributed by atoms with Gasteiger partial charge >= 0.3 is 5.97 Å². The first-order valence-electron chi connectivity index (χ1n) is 4.07. The maximum absolute atomic E-state index is 10.6. The monoisotopic (exact) mass is 223 g/mol. The van der Waals surface area contributed by atoms with Gasteiger partial charge in [-0.15, -0.1) is 0 Å². The highest BCUT2D eigenvalue weighted by Crippen LogP contribution is 2.10. The lowest BCUT2D eigenvalue weighted by atomic mass is 10.4. The molecule has 0 aliphatic heterocycles. The van der Waals surface area contributed by atoms with Gasteiger partial charge in [0.2, 0.25) is 0 Å².